The van der Waals surface area contributed by atoms with Crippen molar-refractivity contribution in [3.05, 3.63) is 0 Å². The molecule has 0 rings (SSSR count). The highest BCUT2D eigenvalue weighted by molar-refractivity contribution is 7.99. The van der Waals surface area contributed by atoms with Gasteiger partial charge in [-0.3, -0.25) is 4.79 Å². The number of rotatable bonds is 12. The number of carboxylic acid groups (broad SMARTS) is 1. The molecule has 1 N–H and O–H groups in total. The van der Waals surface area contributed by atoms with Gasteiger partial charge < -0.3 is 9.84 Å². The predicted octanol–water partition coefficient (Wildman–Crippen LogP) is 5.25. The van der Waals surface area contributed by atoms with E-state index >= 15 is 0 Å². The van der Waals surface area contributed by atoms with Crippen molar-refractivity contribution in [2.45, 2.75) is 61.7 Å². The Labute approximate surface area is 174 Å². The number of ether oxygens (including phenoxy) is 1. The zero-order valence-electron chi connectivity index (χ0n) is 15.4. The van der Waals surface area contributed by atoms with E-state index in [4.69, 9.17) is 5.11 Å². The molecule has 0 aliphatic rings. The third kappa shape index (κ3) is 5.84. The number of carboxylic acids is 1. The van der Waals surface area contributed by atoms with E-state index in [0.29, 0.717) is 0 Å². The maximum atomic E-state index is 13.5. The lowest BCUT2D eigenvalue weighted by molar-refractivity contribution is -0.439. The van der Waals surface area contributed by atoms with Gasteiger partial charge in [0.25, 0.3) is 0 Å². The number of hydrogen-bond acceptors (Lipinski definition) is 4. The average Bonchev–Trinajstić information content (AvgIpc) is 2.59. The summed E-state index contributed by atoms with van der Waals surface area (Å²) in [4.78, 5) is 21.6. The third-order valence-electron chi connectivity index (χ3n) is 3.67. The maximum Gasteiger partial charge on any atom is 0.460 e. The average molecular weight is 524 g/mol. The van der Waals surface area contributed by atoms with Crippen molar-refractivity contribution < 1.29 is 76.5 Å². The lowest BCUT2D eigenvalue weighted by Crippen LogP contribution is -2.70. The normalized spacial score (nSPS) is 15.4. The molecule has 0 heterocycles. The standard InChI is InChI=1S/C14H13F13O4S/c1-6(8(29)30)31-7(28)2-4-32-5-3-9(15,16)10(17,18)11(19,20)12(21,22)13(23,24)14(25,26)27/h6H,2-5H2,1H3,(H,29,30). The number of aliphatic carboxylic acids is 1. The molecular weight excluding hydrogens is 511 g/mol. The van der Waals surface area contributed by atoms with Crippen molar-refractivity contribution >= 4 is 23.7 Å². The Bertz CT molecular complexity index is 678. The van der Waals surface area contributed by atoms with Gasteiger partial charge in [0.15, 0.2) is 6.10 Å². The summed E-state index contributed by atoms with van der Waals surface area (Å²) >= 11 is 0.166. The van der Waals surface area contributed by atoms with Crippen LogP contribution in [0, 0.1) is 0 Å². The second-order valence-electron chi connectivity index (χ2n) is 6.08. The SMILES string of the molecule is CC(OC(=O)CCSCCC(F)(F)C(F)(F)C(F)(F)C(F)(F)C(F)(F)C(F)(F)F)C(=O)O. The molecule has 0 radical (unpaired) electrons. The molecule has 0 saturated heterocycles. The molecule has 1 atom stereocenters. The van der Waals surface area contributed by atoms with Crippen molar-refractivity contribution in [3.8, 4) is 0 Å². The van der Waals surface area contributed by atoms with Crippen LogP contribution in [0.3, 0.4) is 0 Å². The van der Waals surface area contributed by atoms with Gasteiger partial charge in [-0.2, -0.15) is 68.8 Å². The van der Waals surface area contributed by atoms with Crippen LogP contribution < -0.4 is 0 Å². The second-order valence-corrected chi connectivity index (χ2v) is 7.31. The van der Waals surface area contributed by atoms with E-state index in [0.717, 1.165) is 6.92 Å². The lowest BCUT2D eigenvalue weighted by atomic mass is 9.93. The van der Waals surface area contributed by atoms with E-state index in [2.05, 4.69) is 4.74 Å². The highest BCUT2D eigenvalue weighted by atomic mass is 32.2. The number of carbonyl (C=O) groups is 2. The number of thioether (sulfide) groups is 1. The van der Waals surface area contributed by atoms with Crippen LogP contribution in [0.2, 0.25) is 0 Å². The van der Waals surface area contributed by atoms with Crippen LogP contribution in [0.1, 0.15) is 19.8 Å². The molecule has 0 aromatic rings. The Morgan fingerprint density at radius 1 is 0.781 bits per heavy atom. The maximum absolute atomic E-state index is 13.5. The fraction of sp³-hybridized carbons (Fsp3) is 0.857. The molecule has 0 fully saturated rings. The monoisotopic (exact) mass is 524 g/mol. The second kappa shape index (κ2) is 9.70. The van der Waals surface area contributed by atoms with Crippen molar-refractivity contribution in [2.24, 2.45) is 0 Å². The van der Waals surface area contributed by atoms with Crippen LogP contribution in [-0.2, 0) is 14.3 Å². The van der Waals surface area contributed by atoms with Crippen LogP contribution in [0.25, 0.3) is 0 Å². The summed E-state index contributed by atoms with van der Waals surface area (Å²) in [5, 5.41) is 8.46. The summed E-state index contributed by atoms with van der Waals surface area (Å²) in [7, 11) is 0. The number of alkyl halides is 13. The van der Waals surface area contributed by atoms with Crippen molar-refractivity contribution in [3.63, 3.8) is 0 Å². The van der Waals surface area contributed by atoms with Gasteiger partial charge in [-0.15, -0.1) is 0 Å². The Balaban J connectivity index is 5.22. The summed E-state index contributed by atoms with van der Waals surface area (Å²) in [6, 6.07) is 0. The molecular formula is C14H13F13O4S. The smallest absolute Gasteiger partial charge is 0.460 e. The lowest BCUT2D eigenvalue weighted by Gasteiger charge is -2.39. The topological polar surface area (TPSA) is 63.6 Å². The van der Waals surface area contributed by atoms with Gasteiger partial charge in [-0.25, -0.2) is 4.79 Å². The number of esters is 1. The fourth-order valence-electron chi connectivity index (χ4n) is 1.72. The van der Waals surface area contributed by atoms with Crippen LogP contribution in [-0.4, -0.2) is 70.4 Å². The molecule has 32 heavy (non-hydrogen) atoms. The van der Waals surface area contributed by atoms with E-state index in [1.54, 1.807) is 0 Å². The van der Waals surface area contributed by atoms with Gasteiger partial charge in [0.2, 0.25) is 0 Å². The van der Waals surface area contributed by atoms with Crippen LogP contribution in [0.5, 0.6) is 0 Å². The Morgan fingerprint density at radius 3 is 1.62 bits per heavy atom. The van der Waals surface area contributed by atoms with Gasteiger partial charge in [0.1, 0.15) is 0 Å². The number of hydrogen-bond donors (Lipinski definition) is 1. The van der Waals surface area contributed by atoms with Crippen molar-refractivity contribution in [1.29, 1.82) is 0 Å². The molecule has 0 spiro atoms. The van der Waals surface area contributed by atoms with E-state index in [1.165, 1.54) is 0 Å². The predicted molar refractivity (Wildman–Crippen MR) is 80.5 cm³/mol. The van der Waals surface area contributed by atoms with Gasteiger partial charge in [-0.05, 0) is 12.7 Å². The van der Waals surface area contributed by atoms with Crippen molar-refractivity contribution in [2.75, 3.05) is 11.5 Å². The zero-order valence-corrected chi connectivity index (χ0v) is 16.2. The van der Waals surface area contributed by atoms with Gasteiger partial charge >= 0.3 is 47.7 Å². The fourth-order valence-corrected chi connectivity index (χ4v) is 2.64. The van der Waals surface area contributed by atoms with E-state index in [-0.39, 0.29) is 11.8 Å². The number of halogens is 13. The molecule has 4 nitrogen and oxygen atoms in total. The first-order chi connectivity index (χ1) is 14.0. The minimum Gasteiger partial charge on any atom is -0.479 e. The zero-order chi connectivity index (χ0) is 26.0. The third-order valence-corrected chi connectivity index (χ3v) is 4.65. The molecule has 0 aliphatic carbocycles. The molecule has 18 heteroatoms. The largest absolute Gasteiger partial charge is 0.479 e. The summed E-state index contributed by atoms with van der Waals surface area (Å²) in [5.41, 5.74) is 0. The van der Waals surface area contributed by atoms with Crippen LogP contribution >= 0.6 is 11.8 Å². The minimum absolute atomic E-state index is 0.166. The molecule has 0 saturated carbocycles. The highest BCUT2D eigenvalue weighted by Crippen LogP contribution is 2.60. The first-order valence-corrected chi connectivity index (χ1v) is 9.08. The van der Waals surface area contributed by atoms with Crippen LogP contribution in [0.4, 0.5) is 57.1 Å². The summed E-state index contributed by atoms with van der Waals surface area (Å²) in [6.45, 7) is 0.939. The van der Waals surface area contributed by atoms with Gasteiger partial charge in [0.05, 0.1) is 6.42 Å². The molecule has 190 valence electrons. The first-order valence-electron chi connectivity index (χ1n) is 7.93. The van der Waals surface area contributed by atoms with Crippen molar-refractivity contribution in [1.82, 2.24) is 0 Å². The highest BCUT2D eigenvalue weighted by Gasteiger charge is 2.90. The Hall–Kier alpha value is -1.62. The molecule has 0 aromatic heterocycles. The summed E-state index contributed by atoms with van der Waals surface area (Å²) < 4.78 is 172. The molecule has 0 aliphatic heterocycles. The van der Waals surface area contributed by atoms with E-state index in [9.17, 15) is 66.7 Å². The first kappa shape index (κ1) is 30.4. The molecule has 1 unspecified atom stereocenters. The Morgan fingerprint density at radius 2 is 1.22 bits per heavy atom. The van der Waals surface area contributed by atoms with Gasteiger partial charge in [0, 0.05) is 12.2 Å². The quantitative estimate of drug-likeness (QED) is 0.215. The number of carbonyl (C=O) groups excluding carboxylic acids is 1. The minimum atomic E-state index is -7.94. The van der Waals surface area contributed by atoms with Gasteiger partial charge in [-0.1, -0.05) is 0 Å². The van der Waals surface area contributed by atoms with E-state index in [1.807, 2.05) is 0 Å². The van der Waals surface area contributed by atoms with E-state index < -0.39 is 78.2 Å². The molecule has 0 amide bonds. The molecule has 0 bridgehead atoms. The van der Waals surface area contributed by atoms with Crippen LogP contribution in [0.15, 0.2) is 0 Å². The Kier molecular flexibility index (Phi) is 9.21. The summed E-state index contributed by atoms with van der Waals surface area (Å²) in [6.07, 6.45) is -12.1. The summed E-state index contributed by atoms with van der Waals surface area (Å²) in [5.74, 6) is -41.6. The molecule has 0 aromatic carbocycles.